The average molecular weight is 545 g/mol. The highest BCUT2D eigenvalue weighted by atomic mass is 35.5. The number of hydrogen-bond donors (Lipinski definition) is 1. The van der Waals surface area contributed by atoms with Gasteiger partial charge in [0.15, 0.2) is 5.16 Å². The van der Waals surface area contributed by atoms with Crippen molar-refractivity contribution in [2.24, 2.45) is 0 Å². The fourth-order valence-electron chi connectivity index (χ4n) is 4.35. The number of amides is 1. The van der Waals surface area contributed by atoms with Crippen LogP contribution < -0.4 is 10.2 Å². The lowest BCUT2D eigenvalue weighted by molar-refractivity contribution is -0.119. The van der Waals surface area contributed by atoms with Crippen LogP contribution in [-0.2, 0) is 4.79 Å². The molecule has 3 rings (SSSR count). The van der Waals surface area contributed by atoms with E-state index < -0.39 is 0 Å². The molecule has 0 saturated carbocycles. The van der Waals surface area contributed by atoms with Gasteiger partial charge in [0.05, 0.1) is 5.75 Å². The smallest absolute Gasteiger partial charge is 0.230 e. The zero-order valence-electron chi connectivity index (χ0n) is 22.4. The van der Waals surface area contributed by atoms with E-state index in [-0.39, 0.29) is 17.7 Å². The van der Waals surface area contributed by atoms with Gasteiger partial charge in [-0.05, 0) is 45.0 Å². The lowest BCUT2D eigenvalue weighted by Crippen LogP contribution is -2.46. The molecule has 1 aliphatic heterocycles. The average Bonchev–Trinajstić information content (AvgIpc) is 2.91. The monoisotopic (exact) mass is 544 g/mol. The number of rotatable bonds is 14. The van der Waals surface area contributed by atoms with Gasteiger partial charge in [-0.15, -0.1) is 0 Å². The summed E-state index contributed by atoms with van der Waals surface area (Å²) < 4.78 is 0. The van der Waals surface area contributed by atoms with Gasteiger partial charge in [-0.3, -0.25) is 9.69 Å². The number of nitrogens with zero attached hydrogens (tertiary/aromatic N) is 5. The third-order valence-electron chi connectivity index (χ3n) is 6.58. The minimum Gasteiger partial charge on any atom is -0.354 e. The fourth-order valence-corrected chi connectivity index (χ4v) is 5.25. The van der Waals surface area contributed by atoms with Gasteiger partial charge in [0.1, 0.15) is 11.0 Å². The Morgan fingerprint density at radius 1 is 1.16 bits per heavy atom. The van der Waals surface area contributed by atoms with E-state index in [1.54, 1.807) is 0 Å². The first-order valence-electron chi connectivity index (χ1n) is 13.3. The summed E-state index contributed by atoms with van der Waals surface area (Å²) in [6, 6.07) is 12.3. The van der Waals surface area contributed by atoms with Crippen molar-refractivity contribution in [1.82, 2.24) is 25.1 Å². The van der Waals surface area contributed by atoms with Crippen molar-refractivity contribution in [3.8, 4) is 0 Å². The van der Waals surface area contributed by atoms with E-state index in [0.29, 0.717) is 10.3 Å². The Bertz CT molecular complexity index is 980. The second-order valence-electron chi connectivity index (χ2n) is 9.36. The van der Waals surface area contributed by atoms with Crippen LogP contribution >= 0.6 is 23.4 Å². The summed E-state index contributed by atoms with van der Waals surface area (Å²) in [6.45, 7) is 14.2. The molecule has 0 spiro atoms. The third-order valence-corrected chi connectivity index (χ3v) is 7.62. The minimum absolute atomic E-state index is 0.00244. The van der Waals surface area contributed by atoms with Crippen molar-refractivity contribution in [3.05, 3.63) is 53.2 Å². The highest BCUT2D eigenvalue weighted by molar-refractivity contribution is 7.99. The van der Waals surface area contributed by atoms with Gasteiger partial charge in [0.2, 0.25) is 5.91 Å². The number of halogens is 1. The number of anilines is 1. The summed E-state index contributed by atoms with van der Waals surface area (Å²) >= 11 is 7.65. The summed E-state index contributed by atoms with van der Waals surface area (Å²) in [5.41, 5.74) is 1.22. The van der Waals surface area contributed by atoms with Crippen LogP contribution in [0.4, 0.5) is 5.82 Å². The number of hydrogen-bond acceptors (Lipinski definition) is 7. The van der Waals surface area contributed by atoms with E-state index in [4.69, 9.17) is 16.6 Å². The molecule has 1 atom stereocenters. The predicted octanol–water partition coefficient (Wildman–Crippen LogP) is 4.68. The van der Waals surface area contributed by atoms with Crippen LogP contribution in [0.1, 0.15) is 39.2 Å². The van der Waals surface area contributed by atoms with Crippen LogP contribution in [0, 0.1) is 0 Å². The molecule has 1 amide bonds. The van der Waals surface area contributed by atoms with Gasteiger partial charge in [-0.25, -0.2) is 9.97 Å². The first-order valence-corrected chi connectivity index (χ1v) is 14.7. The molecule has 9 heteroatoms. The van der Waals surface area contributed by atoms with Crippen molar-refractivity contribution < 1.29 is 4.79 Å². The first-order chi connectivity index (χ1) is 18.0. The summed E-state index contributed by atoms with van der Waals surface area (Å²) in [7, 11) is 0. The molecule has 0 radical (unpaired) electrons. The zero-order valence-corrected chi connectivity index (χ0v) is 24.0. The van der Waals surface area contributed by atoms with Crippen molar-refractivity contribution >= 4 is 41.2 Å². The largest absolute Gasteiger partial charge is 0.354 e. The number of aromatic nitrogens is 2. The Morgan fingerprint density at radius 2 is 1.89 bits per heavy atom. The molecule has 1 fully saturated rings. The Hall–Kier alpha value is -2.13. The first kappa shape index (κ1) is 29.4. The molecule has 2 heterocycles. The van der Waals surface area contributed by atoms with Crippen molar-refractivity contribution in [2.45, 2.75) is 44.8 Å². The van der Waals surface area contributed by atoms with Crippen LogP contribution in [0.2, 0.25) is 5.15 Å². The highest BCUT2D eigenvalue weighted by Crippen LogP contribution is 2.23. The number of benzene rings is 1. The van der Waals surface area contributed by atoms with E-state index in [1.165, 1.54) is 17.3 Å². The second-order valence-corrected chi connectivity index (χ2v) is 10.7. The van der Waals surface area contributed by atoms with Gasteiger partial charge in [0, 0.05) is 44.8 Å². The van der Waals surface area contributed by atoms with Crippen LogP contribution in [0.5, 0.6) is 0 Å². The van der Waals surface area contributed by atoms with Gasteiger partial charge >= 0.3 is 0 Å². The molecule has 2 aromatic rings. The number of carbonyl (C=O) groups is 1. The molecular weight excluding hydrogens is 504 g/mol. The summed E-state index contributed by atoms with van der Waals surface area (Å²) in [4.78, 5) is 28.6. The molecule has 7 nitrogen and oxygen atoms in total. The van der Waals surface area contributed by atoms with Crippen LogP contribution in [-0.4, -0.2) is 89.8 Å². The molecule has 1 N–H and O–H groups in total. The van der Waals surface area contributed by atoms with Crippen molar-refractivity contribution in [1.29, 1.82) is 0 Å². The standard InChI is InChI=1S/C28H41ClN6OS/c1-4-33(5-2)15-9-11-23(3)30-27(36)22-37-28-31-25(29)21-26(32-28)35-19-17-34(18-20-35)16-10-14-24-12-7-6-8-13-24/h6-8,10,12-14,21,23H,4-5,9,11,15-20,22H2,1-3H3,(H,30,36). The van der Waals surface area contributed by atoms with Gasteiger partial charge in [-0.1, -0.05) is 79.7 Å². The van der Waals surface area contributed by atoms with Gasteiger partial charge < -0.3 is 15.1 Å². The highest BCUT2D eigenvalue weighted by Gasteiger charge is 2.19. The second kappa shape index (κ2) is 16.0. The zero-order chi connectivity index (χ0) is 26.5. The molecular formula is C28H41ClN6OS. The molecule has 0 aliphatic carbocycles. The Labute approximate surface area is 231 Å². The van der Waals surface area contributed by atoms with Crippen LogP contribution in [0.25, 0.3) is 6.08 Å². The topological polar surface area (TPSA) is 64.6 Å². The van der Waals surface area contributed by atoms with Crippen molar-refractivity contribution in [2.75, 3.05) is 63.0 Å². The molecule has 37 heavy (non-hydrogen) atoms. The van der Waals surface area contributed by atoms with E-state index in [0.717, 1.165) is 71.0 Å². The Balaban J connectivity index is 1.41. The Morgan fingerprint density at radius 3 is 2.59 bits per heavy atom. The van der Waals surface area contributed by atoms with E-state index in [1.807, 2.05) is 12.1 Å². The molecule has 0 bridgehead atoms. The summed E-state index contributed by atoms with van der Waals surface area (Å²) in [5.74, 6) is 1.11. The lowest BCUT2D eigenvalue weighted by atomic mass is 10.2. The van der Waals surface area contributed by atoms with E-state index in [9.17, 15) is 4.79 Å². The number of carbonyl (C=O) groups excluding carboxylic acids is 1. The SMILES string of the molecule is CCN(CC)CCCC(C)NC(=O)CSc1nc(Cl)cc(N2CCN(CC=Cc3ccccc3)CC2)n1. The Kier molecular flexibility index (Phi) is 12.7. The van der Waals surface area contributed by atoms with Crippen LogP contribution in [0.15, 0.2) is 47.6 Å². The maximum Gasteiger partial charge on any atom is 0.230 e. The predicted molar refractivity (Wildman–Crippen MR) is 157 cm³/mol. The van der Waals surface area contributed by atoms with E-state index in [2.05, 4.69) is 82.2 Å². The third kappa shape index (κ3) is 10.6. The lowest BCUT2D eigenvalue weighted by Gasteiger charge is -2.35. The van der Waals surface area contributed by atoms with Gasteiger partial charge in [-0.2, -0.15) is 0 Å². The van der Waals surface area contributed by atoms with E-state index >= 15 is 0 Å². The fraction of sp³-hybridized carbons (Fsp3) is 0.536. The van der Waals surface area contributed by atoms with Gasteiger partial charge in [0.25, 0.3) is 0 Å². The molecule has 1 saturated heterocycles. The quantitative estimate of drug-likeness (QED) is 0.210. The number of piperazine rings is 1. The number of nitrogens with one attached hydrogen (secondary N) is 1. The molecule has 1 aliphatic rings. The summed E-state index contributed by atoms with van der Waals surface area (Å²) in [5, 5.41) is 4.05. The molecule has 1 aromatic carbocycles. The van der Waals surface area contributed by atoms with Crippen molar-refractivity contribution in [3.63, 3.8) is 0 Å². The summed E-state index contributed by atoms with van der Waals surface area (Å²) in [6.07, 6.45) is 6.44. The number of thioether (sulfide) groups is 1. The maximum absolute atomic E-state index is 12.5. The normalized spacial score (nSPS) is 15.4. The minimum atomic E-state index is 0.00244. The van der Waals surface area contributed by atoms with Crippen LogP contribution in [0.3, 0.4) is 0 Å². The molecule has 1 aromatic heterocycles. The molecule has 202 valence electrons. The molecule has 1 unspecified atom stereocenters. The maximum atomic E-state index is 12.5.